The molecule has 0 fully saturated rings. The van der Waals surface area contributed by atoms with Crippen LogP contribution in [0.25, 0.3) is 11.2 Å². The summed E-state index contributed by atoms with van der Waals surface area (Å²) >= 11 is 0. The van der Waals surface area contributed by atoms with E-state index < -0.39 is 6.10 Å². The Balaban J connectivity index is 1.96. The van der Waals surface area contributed by atoms with Crippen LogP contribution in [-0.4, -0.2) is 36.8 Å². The molecule has 0 spiro atoms. The largest absolute Gasteiger partial charge is 0.390 e. The molecule has 2 heterocycles. The summed E-state index contributed by atoms with van der Waals surface area (Å²) in [6, 6.07) is 10.3. The minimum atomic E-state index is -0.530. The van der Waals surface area contributed by atoms with E-state index in [1.165, 1.54) is 0 Å². The Hall–Kier alpha value is -2.67. The van der Waals surface area contributed by atoms with Gasteiger partial charge in [-0.05, 0) is 31.2 Å². The van der Waals surface area contributed by atoms with Gasteiger partial charge < -0.3 is 20.3 Å². The molecule has 3 rings (SSSR count). The normalized spacial score (nSPS) is 14.1. The van der Waals surface area contributed by atoms with E-state index in [4.69, 9.17) is 9.97 Å². The summed E-state index contributed by atoms with van der Waals surface area (Å²) in [6.45, 7) is 13.0. The van der Waals surface area contributed by atoms with Gasteiger partial charge in [0.25, 0.3) is 0 Å². The highest BCUT2D eigenvalue weighted by Crippen LogP contribution is 2.27. The molecule has 0 amide bonds. The van der Waals surface area contributed by atoms with Gasteiger partial charge in [-0.15, -0.1) is 0 Å². The van der Waals surface area contributed by atoms with Crippen molar-refractivity contribution in [2.45, 2.75) is 72.7 Å². The fraction of sp³-hybridized carbons (Fsp3) is 0.522. The maximum atomic E-state index is 10.8. The molecule has 1 aromatic carbocycles. The number of aliphatic hydroxyl groups excluding tert-OH is 1. The van der Waals surface area contributed by atoms with E-state index in [2.05, 4.69) is 48.5 Å². The molecule has 2 unspecified atom stereocenters. The molecule has 7 heteroatoms. The third-order valence-corrected chi connectivity index (χ3v) is 5.30. The van der Waals surface area contributed by atoms with Gasteiger partial charge >= 0.3 is 0 Å². The highest BCUT2D eigenvalue weighted by Gasteiger charge is 2.30. The molecule has 3 aromatic rings. The molecule has 3 N–H and O–H groups in total. The number of aliphatic hydroxyl groups is 1. The maximum absolute atomic E-state index is 10.8. The number of benzene rings is 1. The number of hydrogen-bond acceptors (Lipinski definition) is 6. The first kappa shape index (κ1) is 22.0. The van der Waals surface area contributed by atoms with Gasteiger partial charge in [-0.1, -0.05) is 58.0 Å². The zero-order chi connectivity index (χ0) is 21.9. The van der Waals surface area contributed by atoms with Crippen molar-refractivity contribution in [3.63, 3.8) is 0 Å². The third kappa shape index (κ3) is 4.90. The van der Waals surface area contributed by atoms with E-state index in [1.54, 1.807) is 0 Å². The second kappa shape index (κ2) is 9.00. The molecule has 30 heavy (non-hydrogen) atoms. The third-order valence-electron chi connectivity index (χ3n) is 5.30. The number of anilines is 2. The highest BCUT2D eigenvalue weighted by atomic mass is 16.3. The van der Waals surface area contributed by atoms with Crippen molar-refractivity contribution >= 4 is 22.9 Å². The Morgan fingerprint density at radius 2 is 1.80 bits per heavy atom. The Morgan fingerprint density at radius 3 is 2.40 bits per heavy atom. The van der Waals surface area contributed by atoms with Gasteiger partial charge in [-0.25, -0.2) is 4.98 Å². The molecule has 2 aromatic heterocycles. The van der Waals surface area contributed by atoms with Crippen LogP contribution >= 0.6 is 0 Å². The number of rotatable bonds is 8. The molecular formula is C23H34N6O. The van der Waals surface area contributed by atoms with Crippen molar-refractivity contribution in [3.05, 3.63) is 42.2 Å². The Bertz CT molecular complexity index is 961. The first-order valence-corrected chi connectivity index (χ1v) is 10.7. The number of imidazole rings is 1. The molecule has 0 aliphatic heterocycles. The number of fused-ring (bicyclic) bond motifs is 1. The zero-order valence-corrected chi connectivity index (χ0v) is 18.8. The number of nitrogens with zero attached hydrogens (tertiary/aromatic N) is 4. The van der Waals surface area contributed by atoms with E-state index in [1.807, 2.05) is 49.9 Å². The summed E-state index contributed by atoms with van der Waals surface area (Å²) in [5.41, 5.74) is 2.44. The van der Waals surface area contributed by atoms with E-state index in [0.717, 1.165) is 23.1 Å². The Labute approximate surface area is 179 Å². The van der Waals surface area contributed by atoms with Gasteiger partial charge in [0.2, 0.25) is 5.95 Å². The number of nitrogens with one attached hydrogen (secondary N) is 2. The molecule has 162 valence electrons. The van der Waals surface area contributed by atoms with Gasteiger partial charge in [-0.3, -0.25) is 0 Å². The average Bonchev–Trinajstić information content (AvgIpc) is 3.14. The van der Waals surface area contributed by atoms with Crippen molar-refractivity contribution < 1.29 is 5.11 Å². The summed E-state index contributed by atoms with van der Waals surface area (Å²) in [6.07, 6.45) is 2.04. The first-order valence-electron chi connectivity index (χ1n) is 10.7. The summed E-state index contributed by atoms with van der Waals surface area (Å²) in [5, 5.41) is 17.6. The molecule has 7 nitrogen and oxygen atoms in total. The van der Waals surface area contributed by atoms with Crippen molar-refractivity contribution in [2.75, 3.05) is 10.6 Å². The summed E-state index contributed by atoms with van der Waals surface area (Å²) in [7, 11) is 0. The second-order valence-electron chi connectivity index (χ2n) is 9.12. The van der Waals surface area contributed by atoms with Crippen molar-refractivity contribution in [1.29, 1.82) is 0 Å². The van der Waals surface area contributed by atoms with Gasteiger partial charge in [0.15, 0.2) is 17.0 Å². The van der Waals surface area contributed by atoms with Gasteiger partial charge in [0.05, 0.1) is 18.5 Å². The predicted octanol–water partition coefficient (Wildman–Crippen LogP) is 4.62. The van der Waals surface area contributed by atoms with E-state index >= 15 is 0 Å². The monoisotopic (exact) mass is 410 g/mol. The number of hydrogen-bond donors (Lipinski definition) is 3. The van der Waals surface area contributed by atoms with Crippen LogP contribution < -0.4 is 10.6 Å². The summed E-state index contributed by atoms with van der Waals surface area (Å²) < 4.78 is 2.04. The minimum absolute atomic E-state index is 0.153. The van der Waals surface area contributed by atoms with Crippen LogP contribution in [0, 0.1) is 5.41 Å². The highest BCUT2D eigenvalue weighted by molar-refractivity contribution is 5.84. The molecule has 0 saturated heterocycles. The first-order chi connectivity index (χ1) is 14.2. The second-order valence-corrected chi connectivity index (χ2v) is 9.12. The van der Waals surface area contributed by atoms with Gasteiger partial charge in [0.1, 0.15) is 0 Å². The fourth-order valence-electron chi connectivity index (χ4n) is 3.44. The molecular weight excluding hydrogens is 376 g/mol. The van der Waals surface area contributed by atoms with Crippen LogP contribution in [0.3, 0.4) is 0 Å². The van der Waals surface area contributed by atoms with Crippen LogP contribution in [0.4, 0.5) is 11.8 Å². The number of aromatic nitrogens is 4. The fourth-order valence-corrected chi connectivity index (χ4v) is 3.44. The van der Waals surface area contributed by atoms with Crippen LogP contribution in [0.2, 0.25) is 0 Å². The van der Waals surface area contributed by atoms with Crippen molar-refractivity contribution in [1.82, 2.24) is 19.5 Å². The molecule has 0 radical (unpaired) electrons. The minimum Gasteiger partial charge on any atom is -0.390 e. The van der Waals surface area contributed by atoms with E-state index in [0.29, 0.717) is 18.3 Å². The smallest absolute Gasteiger partial charge is 0.227 e. The van der Waals surface area contributed by atoms with Crippen LogP contribution in [-0.2, 0) is 6.54 Å². The lowest BCUT2D eigenvalue weighted by atomic mass is 9.84. The Kier molecular flexibility index (Phi) is 6.61. The van der Waals surface area contributed by atoms with Crippen LogP contribution in [0.1, 0.15) is 59.6 Å². The molecule has 0 aliphatic carbocycles. The van der Waals surface area contributed by atoms with Crippen molar-refractivity contribution in [2.24, 2.45) is 5.41 Å². The predicted molar refractivity (Wildman–Crippen MR) is 123 cm³/mol. The zero-order valence-electron chi connectivity index (χ0n) is 18.8. The van der Waals surface area contributed by atoms with Crippen LogP contribution in [0.5, 0.6) is 0 Å². The topological polar surface area (TPSA) is 87.9 Å². The van der Waals surface area contributed by atoms with E-state index in [-0.39, 0.29) is 17.5 Å². The maximum Gasteiger partial charge on any atom is 0.227 e. The van der Waals surface area contributed by atoms with Crippen molar-refractivity contribution in [3.8, 4) is 0 Å². The Morgan fingerprint density at radius 1 is 1.10 bits per heavy atom. The van der Waals surface area contributed by atoms with Crippen LogP contribution in [0.15, 0.2) is 36.7 Å². The molecule has 0 saturated carbocycles. The van der Waals surface area contributed by atoms with Gasteiger partial charge in [-0.2, -0.15) is 9.97 Å². The summed E-state index contributed by atoms with van der Waals surface area (Å²) in [4.78, 5) is 14.0. The standard InChI is InChI=1S/C23H34N6O/c1-7-17(19(30)23(4,5)6)26-22-27-20(24-13-16-11-9-8-10-12-16)18-21(28-22)29(14-25-18)15(2)3/h8-12,14-15,17,19,30H,7,13H2,1-6H3,(H2,24,26,27,28). The quantitative estimate of drug-likeness (QED) is 0.502. The lowest BCUT2D eigenvalue weighted by molar-refractivity contribution is 0.0451. The molecule has 2 atom stereocenters. The van der Waals surface area contributed by atoms with E-state index in [9.17, 15) is 5.11 Å². The van der Waals surface area contributed by atoms with Gasteiger partial charge in [0, 0.05) is 12.6 Å². The summed E-state index contributed by atoms with van der Waals surface area (Å²) in [5.74, 6) is 1.18. The average molecular weight is 411 g/mol. The lowest BCUT2D eigenvalue weighted by Gasteiger charge is -2.33. The SMILES string of the molecule is CCC(Nc1nc(NCc2ccccc2)c2ncn(C(C)C)c2n1)C(O)C(C)(C)C. The molecule has 0 bridgehead atoms. The lowest BCUT2D eigenvalue weighted by Crippen LogP contribution is -2.42. The molecule has 0 aliphatic rings.